The van der Waals surface area contributed by atoms with Gasteiger partial charge in [0.05, 0.1) is 6.04 Å². The molecule has 2 rings (SSSR count). The average Bonchev–Trinajstić information content (AvgIpc) is 2.96. The number of nitrogens with two attached hydrogens (primary N) is 1. The van der Waals surface area contributed by atoms with Gasteiger partial charge in [0.25, 0.3) is 0 Å². The molecular weight excluding hydrogens is 296 g/mol. The van der Waals surface area contributed by atoms with Gasteiger partial charge < -0.3 is 5.73 Å². The maximum Gasteiger partial charge on any atom is 0.243 e. The molecule has 0 bridgehead atoms. The van der Waals surface area contributed by atoms with Crippen molar-refractivity contribution in [3.05, 3.63) is 40.9 Å². The Hall–Kier alpha value is -1.79. The van der Waals surface area contributed by atoms with Gasteiger partial charge in [-0.2, -0.15) is 0 Å². The number of amides is 1. The minimum absolute atomic E-state index is 0.0834. The molecule has 118 valence electrons. The Kier molecular flexibility index (Phi) is 5.63. The summed E-state index contributed by atoms with van der Waals surface area (Å²) in [6, 6.07) is 9.66. The Morgan fingerprint density at radius 3 is 2.55 bits per heavy atom. The van der Waals surface area contributed by atoms with Crippen LogP contribution in [0.1, 0.15) is 43.7 Å². The lowest BCUT2D eigenvalue weighted by atomic mass is 9.97. The van der Waals surface area contributed by atoms with Crippen molar-refractivity contribution in [3.63, 3.8) is 0 Å². The largest absolute Gasteiger partial charge is 0.320 e. The zero-order chi connectivity index (χ0) is 16.1. The van der Waals surface area contributed by atoms with E-state index in [2.05, 4.69) is 34.6 Å². The first-order valence-electron chi connectivity index (χ1n) is 7.47. The Labute approximate surface area is 135 Å². The standard InChI is InChI=1S/C16H22N4OS/c1-4-12(11-8-6-5-7-9-11)15-19-20-16(22-15)18-14(21)13(17)10(2)3/h5-10,12-13H,4,17H2,1-3H3,(H,18,20,21)/t12?,13-/m0/s1. The fourth-order valence-corrected chi connectivity index (χ4v) is 3.11. The van der Waals surface area contributed by atoms with Crippen LogP contribution in [-0.2, 0) is 4.79 Å². The van der Waals surface area contributed by atoms with Gasteiger partial charge in [-0.15, -0.1) is 10.2 Å². The van der Waals surface area contributed by atoms with Gasteiger partial charge in [0.1, 0.15) is 5.01 Å². The van der Waals surface area contributed by atoms with Crippen molar-refractivity contribution in [1.82, 2.24) is 10.2 Å². The highest BCUT2D eigenvalue weighted by atomic mass is 32.1. The van der Waals surface area contributed by atoms with Gasteiger partial charge in [0, 0.05) is 5.92 Å². The summed E-state index contributed by atoms with van der Waals surface area (Å²) < 4.78 is 0. The van der Waals surface area contributed by atoms with E-state index in [0.717, 1.165) is 11.4 Å². The van der Waals surface area contributed by atoms with Crippen LogP contribution in [0.5, 0.6) is 0 Å². The highest BCUT2D eigenvalue weighted by Crippen LogP contribution is 2.31. The summed E-state index contributed by atoms with van der Waals surface area (Å²) in [6.07, 6.45) is 0.929. The normalized spacial score (nSPS) is 13.9. The molecule has 3 N–H and O–H groups in total. The fourth-order valence-electron chi connectivity index (χ4n) is 2.16. The second-order valence-corrected chi connectivity index (χ2v) is 6.59. The van der Waals surface area contributed by atoms with Gasteiger partial charge in [-0.3, -0.25) is 10.1 Å². The van der Waals surface area contributed by atoms with Crippen LogP contribution in [0.3, 0.4) is 0 Å². The maximum absolute atomic E-state index is 12.0. The van der Waals surface area contributed by atoms with E-state index in [1.54, 1.807) is 0 Å². The molecule has 6 heteroatoms. The van der Waals surface area contributed by atoms with Crippen molar-refractivity contribution in [2.24, 2.45) is 11.7 Å². The van der Waals surface area contributed by atoms with E-state index in [1.165, 1.54) is 16.9 Å². The maximum atomic E-state index is 12.0. The second-order valence-electron chi connectivity index (χ2n) is 5.58. The Balaban J connectivity index is 2.12. The Morgan fingerprint density at radius 1 is 1.27 bits per heavy atom. The highest BCUT2D eigenvalue weighted by molar-refractivity contribution is 7.15. The number of anilines is 1. The molecule has 0 aliphatic carbocycles. The zero-order valence-electron chi connectivity index (χ0n) is 13.1. The fraction of sp³-hybridized carbons (Fsp3) is 0.438. The van der Waals surface area contributed by atoms with Crippen molar-refractivity contribution in [3.8, 4) is 0 Å². The first-order chi connectivity index (χ1) is 10.5. The molecule has 0 saturated heterocycles. The zero-order valence-corrected chi connectivity index (χ0v) is 13.9. The number of nitrogens with zero attached hydrogens (tertiary/aromatic N) is 2. The first kappa shape index (κ1) is 16.6. The number of carbonyl (C=O) groups excluding carboxylic acids is 1. The minimum Gasteiger partial charge on any atom is -0.320 e. The van der Waals surface area contributed by atoms with Crippen molar-refractivity contribution in [2.45, 2.75) is 39.2 Å². The van der Waals surface area contributed by atoms with Crippen molar-refractivity contribution in [1.29, 1.82) is 0 Å². The summed E-state index contributed by atoms with van der Waals surface area (Å²) in [5.74, 6) is 0.0636. The predicted octanol–water partition coefficient (Wildman–Crippen LogP) is 3.00. The van der Waals surface area contributed by atoms with Crippen LogP contribution >= 0.6 is 11.3 Å². The monoisotopic (exact) mass is 318 g/mol. The van der Waals surface area contributed by atoms with Crippen LogP contribution in [0.25, 0.3) is 0 Å². The highest BCUT2D eigenvalue weighted by Gasteiger charge is 2.21. The lowest BCUT2D eigenvalue weighted by Gasteiger charge is -2.13. The minimum atomic E-state index is -0.538. The molecule has 0 fully saturated rings. The van der Waals surface area contributed by atoms with Crippen LogP contribution in [0, 0.1) is 5.92 Å². The number of nitrogens with one attached hydrogen (secondary N) is 1. The predicted molar refractivity (Wildman–Crippen MR) is 89.9 cm³/mol. The van der Waals surface area contributed by atoms with Crippen LogP contribution < -0.4 is 11.1 Å². The molecule has 5 nitrogen and oxygen atoms in total. The molecule has 0 spiro atoms. The van der Waals surface area contributed by atoms with Gasteiger partial charge in [-0.25, -0.2) is 0 Å². The molecule has 22 heavy (non-hydrogen) atoms. The van der Waals surface area contributed by atoms with E-state index >= 15 is 0 Å². The van der Waals surface area contributed by atoms with E-state index in [0.29, 0.717) is 5.13 Å². The molecule has 2 atom stereocenters. The quantitative estimate of drug-likeness (QED) is 0.858. The molecule has 1 heterocycles. The summed E-state index contributed by atoms with van der Waals surface area (Å²) in [4.78, 5) is 12.0. The first-order valence-corrected chi connectivity index (χ1v) is 8.29. The van der Waals surface area contributed by atoms with Crippen molar-refractivity contribution >= 4 is 22.4 Å². The van der Waals surface area contributed by atoms with Crippen molar-refractivity contribution < 1.29 is 4.79 Å². The summed E-state index contributed by atoms with van der Waals surface area (Å²) in [7, 11) is 0. The van der Waals surface area contributed by atoms with Gasteiger partial charge in [0.2, 0.25) is 11.0 Å². The van der Waals surface area contributed by atoms with E-state index in [4.69, 9.17) is 5.73 Å². The molecule has 0 saturated carbocycles. The van der Waals surface area contributed by atoms with Gasteiger partial charge in [0.15, 0.2) is 0 Å². The molecule has 1 unspecified atom stereocenters. The molecule has 1 aromatic carbocycles. The van der Waals surface area contributed by atoms with Crippen LogP contribution in [0.4, 0.5) is 5.13 Å². The van der Waals surface area contributed by atoms with Gasteiger partial charge >= 0.3 is 0 Å². The molecule has 0 aliphatic rings. The number of hydrogen-bond donors (Lipinski definition) is 2. The van der Waals surface area contributed by atoms with Crippen molar-refractivity contribution in [2.75, 3.05) is 5.32 Å². The Morgan fingerprint density at radius 2 is 1.95 bits per heavy atom. The molecular formula is C16H22N4OS. The topological polar surface area (TPSA) is 80.9 Å². The summed E-state index contributed by atoms with van der Waals surface area (Å²) >= 11 is 1.41. The third-order valence-corrected chi connectivity index (χ3v) is 4.55. The number of hydrogen-bond acceptors (Lipinski definition) is 5. The van der Waals surface area contributed by atoms with E-state index in [1.807, 2.05) is 32.0 Å². The lowest BCUT2D eigenvalue weighted by Crippen LogP contribution is -2.39. The third kappa shape index (κ3) is 3.90. The van der Waals surface area contributed by atoms with E-state index in [-0.39, 0.29) is 17.7 Å². The van der Waals surface area contributed by atoms with Crippen LogP contribution in [0.2, 0.25) is 0 Å². The summed E-state index contributed by atoms with van der Waals surface area (Å²) in [5.41, 5.74) is 7.04. The van der Waals surface area contributed by atoms with Crippen LogP contribution in [-0.4, -0.2) is 22.1 Å². The van der Waals surface area contributed by atoms with Gasteiger partial charge in [-0.1, -0.05) is 62.4 Å². The van der Waals surface area contributed by atoms with Gasteiger partial charge in [-0.05, 0) is 17.9 Å². The summed E-state index contributed by atoms with van der Waals surface area (Å²) in [6.45, 7) is 5.95. The molecule has 0 aliphatic heterocycles. The lowest BCUT2D eigenvalue weighted by molar-refractivity contribution is -0.118. The molecule has 1 aromatic heterocycles. The molecule has 0 radical (unpaired) electrons. The number of rotatable bonds is 6. The number of benzene rings is 1. The molecule has 2 aromatic rings. The Bertz CT molecular complexity index is 612. The second kappa shape index (κ2) is 7.47. The third-order valence-electron chi connectivity index (χ3n) is 3.60. The smallest absolute Gasteiger partial charge is 0.243 e. The summed E-state index contributed by atoms with van der Waals surface area (Å²) in [5, 5.41) is 12.5. The number of aromatic nitrogens is 2. The van der Waals surface area contributed by atoms with Crippen LogP contribution in [0.15, 0.2) is 30.3 Å². The average molecular weight is 318 g/mol. The van der Waals surface area contributed by atoms with E-state index < -0.39 is 6.04 Å². The number of carbonyl (C=O) groups is 1. The SMILES string of the molecule is CCC(c1ccccc1)c1nnc(NC(=O)[C@@H](N)C(C)C)s1. The van der Waals surface area contributed by atoms with E-state index in [9.17, 15) is 4.79 Å². The molecule has 1 amide bonds.